The molecule has 0 unspecified atom stereocenters. The molecule has 34 heavy (non-hydrogen) atoms. The molecule has 0 aromatic carbocycles. The van der Waals surface area contributed by atoms with Crippen molar-refractivity contribution >= 4 is 11.9 Å². The van der Waals surface area contributed by atoms with Gasteiger partial charge in [0.2, 0.25) is 0 Å². The van der Waals surface area contributed by atoms with E-state index in [2.05, 4.69) is 11.8 Å². The van der Waals surface area contributed by atoms with E-state index >= 15 is 0 Å². The lowest BCUT2D eigenvalue weighted by Gasteiger charge is -2.06. The summed E-state index contributed by atoms with van der Waals surface area (Å²) in [6.45, 7) is 6.49. The Labute approximate surface area is 203 Å². The third-order valence-electron chi connectivity index (χ3n) is 4.03. The van der Waals surface area contributed by atoms with E-state index in [4.69, 9.17) is 37.9 Å². The summed E-state index contributed by atoms with van der Waals surface area (Å²) in [5.41, 5.74) is 0. The number of methoxy groups -OCH3 is 2. The highest BCUT2D eigenvalue weighted by Gasteiger charge is 2.01. The van der Waals surface area contributed by atoms with Gasteiger partial charge in [-0.05, 0) is 25.7 Å². The van der Waals surface area contributed by atoms with Gasteiger partial charge in [0.15, 0.2) is 0 Å². The van der Waals surface area contributed by atoms with E-state index in [1.54, 1.807) is 14.2 Å². The first-order valence-electron chi connectivity index (χ1n) is 11.8. The molecule has 0 N–H and O–H groups in total. The molecule has 10 heteroatoms. The van der Waals surface area contributed by atoms with Gasteiger partial charge in [-0.15, -0.1) is 0 Å². The Morgan fingerprint density at radius 1 is 0.441 bits per heavy atom. The van der Waals surface area contributed by atoms with Crippen molar-refractivity contribution in [1.29, 1.82) is 0 Å². The predicted octanol–water partition coefficient (Wildman–Crippen LogP) is 1.78. The minimum absolute atomic E-state index is 0.172. The molecule has 0 bridgehead atoms. The number of carbonyl (C=O) groups is 2. The van der Waals surface area contributed by atoms with Gasteiger partial charge in [0.25, 0.3) is 0 Å². The molecule has 0 saturated heterocycles. The molecule has 0 rings (SSSR count). The van der Waals surface area contributed by atoms with E-state index in [1.165, 1.54) is 0 Å². The van der Waals surface area contributed by atoms with Crippen LogP contribution in [0.5, 0.6) is 0 Å². The van der Waals surface area contributed by atoms with E-state index in [-0.39, 0.29) is 13.2 Å². The smallest absolute Gasteiger partial charge is 0.384 e. The summed E-state index contributed by atoms with van der Waals surface area (Å²) in [4.78, 5) is 23.0. The molecule has 0 saturated carbocycles. The lowest BCUT2D eigenvalue weighted by molar-refractivity contribution is -0.139. The lowest BCUT2D eigenvalue weighted by atomic mass is 10.4. The van der Waals surface area contributed by atoms with Gasteiger partial charge < -0.3 is 37.9 Å². The zero-order valence-electron chi connectivity index (χ0n) is 20.8. The van der Waals surface area contributed by atoms with Gasteiger partial charge in [0, 0.05) is 105 Å². The van der Waals surface area contributed by atoms with Crippen molar-refractivity contribution in [2.45, 2.75) is 38.5 Å². The van der Waals surface area contributed by atoms with E-state index in [9.17, 15) is 9.59 Å². The number of hydrogen-bond donors (Lipinski definition) is 0. The van der Waals surface area contributed by atoms with Gasteiger partial charge in [-0.3, -0.25) is 0 Å². The number of esters is 2. The van der Waals surface area contributed by atoms with E-state index in [0.717, 1.165) is 25.7 Å². The van der Waals surface area contributed by atoms with Crippen LogP contribution in [0.15, 0.2) is 0 Å². The summed E-state index contributed by atoms with van der Waals surface area (Å²) in [5.74, 6) is 2.68. The van der Waals surface area contributed by atoms with Crippen LogP contribution in [-0.2, 0) is 47.5 Å². The van der Waals surface area contributed by atoms with Gasteiger partial charge in [-0.25, -0.2) is 9.59 Å². The molecule has 0 aromatic rings. The molecule has 0 amide bonds. The third-order valence-corrected chi connectivity index (χ3v) is 4.03. The van der Waals surface area contributed by atoms with Gasteiger partial charge in [-0.1, -0.05) is 0 Å². The first-order valence-corrected chi connectivity index (χ1v) is 11.8. The maximum atomic E-state index is 11.5. The third kappa shape index (κ3) is 26.5. The average molecular weight is 491 g/mol. The molecule has 10 nitrogen and oxygen atoms in total. The van der Waals surface area contributed by atoms with Crippen LogP contribution in [0, 0.1) is 11.8 Å². The van der Waals surface area contributed by atoms with Crippen LogP contribution in [0.25, 0.3) is 0 Å². The average Bonchev–Trinajstić information content (AvgIpc) is 2.84. The fourth-order valence-electron chi connectivity index (χ4n) is 2.37. The monoisotopic (exact) mass is 490 g/mol. The molecular formula is C24H42O10. The fourth-order valence-corrected chi connectivity index (χ4v) is 2.37. The van der Waals surface area contributed by atoms with Crippen molar-refractivity contribution < 1.29 is 47.5 Å². The van der Waals surface area contributed by atoms with Crippen LogP contribution in [0.3, 0.4) is 0 Å². The maximum absolute atomic E-state index is 11.5. The largest absolute Gasteiger partial charge is 0.456 e. The van der Waals surface area contributed by atoms with Gasteiger partial charge in [0.05, 0.1) is 13.2 Å². The molecule has 198 valence electrons. The van der Waals surface area contributed by atoms with Crippen molar-refractivity contribution in [3.8, 4) is 11.8 Å². The van der Waals surface area contributed by atoms with Crippen LogP contribution >= 0.6 is 0 Å². The highest BCUT2D eigenvalue weighted by molar-refractivity contribution is 5.98. The Morgan fingerprint density at radius 3 is 1.00 bits per heavy atom. The summed E-state index contributed by atoms with van der Waals surface area (Å²) in [6, 6.07) is 0. The van der Waals surface area contributed by atoms with E-state index in [0.29, 0.717) is 78.9 Å². The van der Waals surface area contributed by atoms with Crippen LogP contribution < -0.4 is 0 Å². The minimum atomic E-state index is -0.769. The quantitative estimate of drug-likeness (QED) is 0.0860. The Bertz CT molecular complexity index is 486. The summed E-state index contributed by atoms with van der Waals surface area (Å²) in [7, 11) is 3.33. The first-order chi connectivity index (χ1) is 16.7. The van der Waals surface area contributed by atoms with E-state index in [1.807, 2.05) is 0 Å². The molecule has 0 fully saturated rings. The fraction of sp³-hybridized carbons (Fsp3) is 0.833. The molecule has 0 aliphatic rings. The molecule has 0 radical (unpaired) electrons. The number of carbonyl (C=O) groups excluding carboxylic acids is 2. The maximum Gasteiger partial charge on any atom is 0.384 e. The van der Waals surface area contributed by atoms with Crippen LogP contribution in [0.1, 0.15) is 38.5 Å². The zero-order chi connectivity index (χ0) is 25.0. The van der Waals surface area contributed by atoms with Crippen molar-refractivity contribution in [2.75, 3.05) is 93.5 Å². The number of rotatable bonds is 24. The Morgan fingerprint density at radius 2 is 0.706 bits per heavy atom. The summed E-state index contributed by atoms with van der Waals surface area (Å²) >= 11 is 0. The number of ether oxygens (including phenoxy) is 8. The Hall–Kier alpha value is -1.74. The second-order valence-electron chi connectivity index (χ2n) is 7.08. The molecule has 0 aromatic heterocycles. The molecular weight excluding hydrogens is 448 g/mol. The molecule has 0 heterocycles. The lowest BCUT2D eigenvalue weighted by Crippen LogP contribution is -2.09. The zero-order valence-corrected chi connectivity index (χ0v) is 20.8. The van der Waals surface area contributed by atoms with Crippen molar-refractivity contribution in [3.05, 3.63) is 0 Å². The number of hydrogen-bond acceptors (Lipinski definition) is 10. The first kappa shape index (κ1) is 32.3. The molecule has 0 atom stereocenters. The van der Waals surface area contributed by atoms with Crippen molar-refractivity contribution in [3.63, 3.8) is 0 Å². The topological polar surface area (TPSA) is 108 Å². The van der Waals surface area contributed by atoms with Crippen molar-refractivity contribution in [1.82, 2.24) is 0 Å². The van der Waals surface area contributed by atoms with Crippen molar-refractivity contribution in [2.24, 2.45) is 0 Å². The Kier molecular flexibility index (Phi) is 26.1. The van der Waals surface area contributed by atoms with Gasteiger partial charge in [0.1, 0.15) is 0 Å². The van der Waals surface area contributed by atoms with Crippen LogP contribution in [0.2, 0.25) is 0 Å². The van der Waals surface area contributed by atoms with Gasteiger partial charge in [-0.2, -0.15) is 0 Å². The second-order valence-corrected chi connectivity index (χ2v) is 7.08. The summed E-state index contributed by atoms with van der Waals surface area (Å²) in [6.07, 6.45) is 4.46. The summed E-state index contributed by atoms with van der Waals surface area (Å²) < 4.78 is 41.4. The SMILES string of the molecule is COCCCOCCCOCCCOC(=O)C#CC(=O)OCCCOCCCOCCCOC. The Balaban J connectivity index is 3.41. The predicted molar refractivity (Wildman–Crippen MR) is 124 cm³/mol. The normalized spacial score (nSPS) is 10.5. The van der Waals surface area contributed by atoms with Crippen LogP contribution in [-0.4, -0.2) is 105 Å². The minimum Gasteiger partial charge on any atom is -0.456 e. The standard InChI is InChI=1S/C24H42O10/c1-27-11-3-13-29-15-5-17-31-19-7-21-33-23(25)9-10-24(26)34-22-8-20-32-18-6-16-30-14-4-12-28-2/h3-8,11-22H2,1-2H3. The molecule has 0 spiro atoms. The highest BCUT2D eigenvalue weighted by atomic mass is 16.5. The highest BCUT2D eigenvalue weighted by Crippen LogP contribution is 1.93. The summed E-state index contributed by atoms with van der Waals surface area (Å²) in [5, 5.41) is 0. The van der Waals surface area contributed by atoms with E-state index < -0.39 is 11.9 Å². The second kappa shape index (κ2) is 27.5. The molecule has 0 aliphatic carbocycles. The molecule has 0 aliphatic heterocycles. The van der Waals surface area contributed by atoms with Crippen LogP contribution in [0.4, 0.5) is 0 Å². The van der Waals surface area contributed by atoms with Gasteiger partial charge >= 0.3 is 11.9 Å².